The van der Waals surface area contributed by atoms with Crippen LogP contribution in [-0.2, 0) is 0 Å². The molecule has 3 heteroatoms. The highest BCUT2D eigenvalue weighted by atomic mass is 16.5. The second-order valence-electron chi connectivity index (χ2n) is 6.04. The van der Waals surface area contributed by atoms with E-state index in [0.717, 1.165) is 31.9 Å². The molecule has 0 amide bonds. The maximum Gasteiger partial charge on any atom is 0.119 e. The van der Waals surface area contributed by atoms with Gasteiger partial charge in [0.05, 0.1) is 6.61 Å². The lowest BCUT2D eigenvalue weighted by atomic mass is 9.84. The van der Waals surface area contributed by atoms with Crippen molar-refractivity contribution in [3.05, 3.63) is 29.8 Å². The molecule has 0 bridgehead atoms. The maximum absolute atomic E-state index is 6.05. The van der Waals surface area contributed by atoms with Gasteiger partial charge < -0.3 is 10.5 Å². The number of piperidine rings is 1. The Hall–Kier alpha value is -1.06. The second-order valence-corrected chi connectivity index (χ2v) is 6.04. The Morgan fingerprint density at radius 1 is 1.29 bits per heavy atom. The molecule has 1 fully saturated rings. The number of likely N-dealkylation sites (tertiary alicyclic amines) is 1. The van der Waals surface area contributed by atoms with Gasteiger partial charge in [-0.3, -0.25) is 4.90 Å². The quantitative estimate of drug-likeness (QED) is 0.834. The zero-order valence-corrected chi connectivity index (χ0v) is 13.6. The van der Waals surface area contributed by atoms with E-state index in [2.05, 4.69) is 43.0 Å². The molecular weight excluding hydrogens is 260 g/mol. The predicted octanol–water partition coefficient (Wildman–Crippen LogP) is 3.60. The van der Waals surface area contributed by atoms with Gasteiger partial charge in [0.15, 0.2) is 0 Å². The van der Waals surface area contributed by atoms with Gasteiger partial charge in [0, 0.05) is 6.04 Å². The van der Waals surface area contributed by atoms with Crippen LogP contribution in [0.1, 0.15) is 51.1 Å². The Labute approximate surface area is 129 Å². The van der Waals surface area contributed by atoms with E-state index in [9.17, 15) is 0 Å². The fourth-order valence-corrected chi connectivity index (χ4v) is 3.43. The highest BCUT2D eigenvalue weighted by Gasteiger charge is 2.31. The zero-order valence-electron chi connectivity index (χ0n) is 13.6. The Bertz CT molecular complexity index is 419. The van der Waals surface area contributed by atoms with Gasteiger partial charge in [0.25, 0.3) is 0 Å². The predicted molar refractivity (Wildman–Crippen MR) is 88.6 cm³/mol. The molecule has 1 aromatic carbocycles. The summed E-state index contributed by atoms with van der Waals surface area (Å²) in [7, 11) is 0. The SMILES string of the molecule is CCCOc1cccc(C2C(CN)CCCN2CCC)c1. The summed E-state index contributed by atoms with van der Waals surface area (Å²) in [6.45, 7) is 8.29. The molecule has 2 rings (SSSR count). The van der Waals surface area contributed by atoms with Crippen molar-refractivity contribution in [2.45, 2.75) is 45.6 Å². The van der Waals surface area contributed by atoms with Crippen LogP contribution in [-0.4, -0.2) is 31.1 Å². The first-order chi connectivity index (χ1) is 10.3. The van der Waals surface area contributed by atoms with Gasteiger partial charge in [-0.25, -0.2) is 0 Å². The monoisotopic (exact) mass is 290 g/mol. The molecule has 1 aliphatic rings. The van der Waals surface area contributed by atoms with E-state index in [1.54, 1.807) is 0 Å². The van der Waals surface area contributed by atoms with Crippen LogP contribution < -0.4 is 10.5 Å². The van der Waals surface area contributed by atoms with Crippen molar-refractivity contribution in [3.63, 3.8) is 0 Å². The number of benzene rings is 1. The van der Waals surface area contributed by atoms with Gasteiger partial charge in [-0.1, -0.05) is 26.0 Å². The molecule has 0 aliphatic carbocycles. The van der Waals surface area contributed by atoms with Crippen molar-refractivity contribution in [1.29, 1.82) is 0 Å². The van der Waals surface area contributed by atoms with Crippen LogP contribution in [0.3, 0.4) is 0 Å². The normalized spacial score (nSPS) is 23.2. The van der Waals surface area contributed by atoms with Crippen molar-refractivity contribution in [1.82, 2.24) is 4.90 Å². The topological polar surface area (TPSA) is 38.5 Å². The van der Waals surface area contributed by atoms with Crippen molar-refractivity contribution in [2.75, 3.05) is 26.2 Å². The molecule has 1 aromatic rings. The first-order valence-corrected chi connectivity index (χ1v) is 8.47. The van der Waals surface area contributed by atoms with Crippen molar-refractivity contribution >= 4 is 0 Å². The lowest BCUT2D eigenvalue weighted by Gasteiger charge is -2.41. The van der Waals surface area contributed by atoms with E-state index in [-0.39, 0.29) is 0 Å². The zero-order chi connectivity index (χ0) is 15.1. The van der Waals surface area contributed by atoms with Crippen LogP contribution in [0.5, 0.6) is 5.75 Å². The van der Waals surface area contributed by atoms with Crippen molar-refractivity contribution in [3.8, 4) is 5.75 Å². The minimum absolute atomic E-state index is 0.453. The van der Waals surface area contributed by atoms with Crippen LogP contribution >= 0.6 is 0 Å². The Balaban J connectivity index is 2.21. The Morgan fingerprint density at radius 3 is 2.86 bits per heavy atom. The van der Waals surface area contributed by atoms with Gasteiger partial charge in [-0.05, 0) is 68.9 Å². The molecule has 0 radical (unpaired) electrons. The molecule has 1 saturated heterocycles. The van der Waals surface area contributed by atoms with Crippen LogP contribution in [0.2, 0.25) is 0 Å². The molecular formula is C18H30N2O. The smallest absolute Gasteiger partial charge is 0.119 e. The van der Waals surface area contributed by atoms with Crippen LogP contribution in [0.4, 0.5) is 0 Å². The highest BCUT2D eigenvalue weighted by Crippen LogP contribution is 2.36. The number of rotatable bonds is 7. The molecule has 0 aromatic heterocycles. The summed E-state index contributed by atoms with van der Waals surface area (Å²) in [4.78, 5) is 2.61. The molecule has 1 heterocycles. The van der Waals surface area contributed by atoms with E-state index in [1.807, 2.05) is 0 Å². The summed E-state index contributed by atoms with van der Waals surface area (Å²) in [6, 6.07) is 9.08. The number of hydrogen-bond donors (Lipinski definition) is 1. The second kappa shape index (κ2) is 8.40. The lowest BCUT2D eigenvalue weighted by molar-refractivity contribution is 0.0958. The third kappa shape index (κ3) is 4.21. The molecule has 2 unspecified atom stereocenters. The number of ether oxygens (including phenoxy) is 1. The summed E-state index contributed by atoms with van der Waals surface area (Å²) >= 11 is 0. The standard InChI is InChI=1S/C18H30N2O/c1-3-10-20-11-6-8-16(14-19)18(20)15-7-5-9-17(13-15)21-12-4-2/h5,7,9,13,16,18H,3-4,6,8,10-12,14,19H2,1-2H3. The first-order valence-electron chi connectivity index (χ1n) is 8.47. The van der Waals surface area contributed by atoms with Crippen molar-refractivity contribution < 1.29 is 4.74 Å². The van der Waals surface area contributed by atoms with Crippen molar-refractivity contribution in [2.24, 2.45) is 11.7 Å². The van der Waals surface area contributed by atoms with Crippen LogP contribution in [0.15, 0.2) is 24.3 Å². The molecule has 1 aliphatic heterocycles. The average Bonchev–Trinajstić information content (AvgIpc) is 2.53. The maximum atomic E-state index is 6.05. The molecule has 0 saturated carbocycles. The average molecular weight is 290 g/mol. The molecule has 118 valence electrons. The summed E-state index contributed by atoms with van der Waals surface area (Å²) in [5, 5.41) is 0. The third-order valence-corrected chi connectivity index (χ3v) is 4.35. The Morgan fingerprint density at radius 2 is 2.14 bits per heavy atom. The number of nitrogens with zero attached hydrogens (tertiary/aromatic N) is 1. The van der Waals surface area contributed by atoms with E-state index in [1.165, 1.54) is 31.4 Å². The van der Waals surface area contributed by atoms with E-state index < -0.39 is 0 Å². The summed E-state index contributed by atoms with van der Waals surface area (Å²) < 4.78 is 5.80. The lowest BCUT2D eigenvalue weighted by Crippen LogP contribution is -2.41. The fraction of sp³-hybridized carbons (Fsp3) is 0.667. The largest absolute Gasteiger partial charge is 0.494 e. The summed E-state index contributed by atoms with van der Waals surface area (Å²) in [5.41, 5.74) is 7.42. The molecule has 2 atom stereocenters. The highest BCUT2D eigenvalue weighted by molar-refractivity contribution is 5.31. The summed E-state index contributed by atoms with van der Waals surface area (Å²) in [6.07, 6.45) is 4.74. The minimum atomic E-state index is 0.453. The minimum Gasteiger partial charge on any atom is -0.494 e. The van der Waals surface area contributed by atoms with Gasteiger partial charge in [-0.2, -0.15) is 0 Å². The van der Waals surface area contributed by atoms with Gasteiger partial charge >= 0.3 is 0 Å². The molecule has 0 spiro atoms. The third-order valence-electron chi connectivity index (χ3n) is 4.35. The van der Waals surface area contributed by atoms with Crippen LogP contribution in [0, 0.1) is 5.92 Å². The van der Waals surface area contributed by atoms with Gasteiger partial charge in [0.2, 0.25) is 0 Å². The van der Waals surface area contributed by atoms with E-state index in [0.29, 0.717) is 12.0 Å². The molecule has 3 nitrogen and oxygen atoms in total. The van der Waals surface area contributed by atoms with E-state index >= 15 is 0 Å². The van der Waals surface area contributed by atoms with Gasteiger partial charge in [0.1, 0.15) is 5.75 Å². The summed E-state index contributed by atoms with van der Waals surface area (Å²) in [5.74, 6) is 1.55. The van der Waals surface area contributed by atoms with E-state index in [4.69, 9.17) is 10.5 Å². The van der Waals surface area contributed by atoms with Gasteiger partial charge in [-0.15, -0.1) is 0 Å². The Kier molecular flexibility index (Phi) is 6.52. The number of nitrogens with two attached hydrogens (primary N) is 1. The molecule has 21 heavy (non-hydrogen) atoms. The fourth-order valence-electron chi connectivity index (χ4n) is 3.43. The molecule has 2 N–H and O–H groups in total. The van der Waals surface area contributed by atoms with Crippen LogP contribution in [0.25, 0.3) is 0 Å². The first kappa shape index (κ1) is 16.3. The number of hydrogen-bond acceptors (Lipinski definition) is 3.